The Kier molecular flexibility index (Phi) is 4.82. The van der Waals surface area contributed by atoms with Gasteiger partial charge < -0.3 is 15.1 Å². The van der Waals surface area contributed by atoms with Crippen molar-refractivity contribution >= 4 is 43.6 Å². The van der Waals surface area contributed by atoms with Crippen molar-refractivity contribution in [2.24, 2.45) is 0 Å². The monoisotopic (exact) mass is 402 g/mol. The second-order valence-electron chi connectivity index (χ2n) is 5.35. The molecule has 0 aliphatic carbocycles. The third-order valence-electron chi connectivity index (χ3n) is 2.41. The van der Waals surface area contributed by atoms with Crippen LogP contribution in [-0.4, -0.2) is 15.7 Å². The lowest BCUT2D eigenvalue weighted by Crippen LogP contribution is -2.35. The Labute approximate surface area is 134 Å². The molecule has 7 heteroatoms. The van der Waals surface area contributed by atoms with Gasteiger partial charge in [-0.15, -0.1) is 5.10 Å². The van der Waals surface area contributed by atoms with Crippen LogP contribution in [0.4, 0.5) is 11.7 Å². The smallest absolute Gasteiger partial charge is 0.320 e. The maximum Gasteiger partial charge on any atom is 0.320 e. The van der Waals surface area contributed by atoms with Gasteiger partial charge in [0.05, 0.1) is 12.2 Å². The van der Waals surface area contributed by atoms with Crippen molar-refractivity contribution in [3.63, 3.8) is 0 Å². The lowest BCUT2D eigenvalue weighted by molar-refractivity contribution is 0.384. The topological polar surface area (TPSA) is 63.0 Å². The van der Waals surface area contributed by atoms with Gasteiger partial charge in [0, 0.05) is 14.5 Å². The summed E-state index contributed by atoms with van der Waals surface area (Å²) in [6.07, 6.45) is 0. The minimum absolute atomic E-state index is 0.0107. The molecule has 0 unspecified atom stereocenters. The molecule has 20 heavy (non-hydrogen) atoms. The molecule has 0 bridgehead atoms. The van der Waals surface area contributed by atoms with E-state index in [-0.39, 0.29) is 5.54 Å². The molecule has 1 heterocycles. The van der Waals surface area contributed by atoms with Crippen LogP contribution in [0.15, 0.2) is 31.6 Å². The van der Waals surface area contributed by atoms with Crippen molar-refractivity contribution in [2.75, 3.05) is 5.32 Å². The SMILES string of the molecule is CC(C)(C)NCc1nnc(Nc2ccc(Br)cc2Br)o1. The summed E-state index contributed by atoms with van der Waals surface area (Å²) in [7, 11) is 0. The number of rotatable bonds is 4. The summed E-state index contributed by atoms with van der Waals surface area (Å²) in [5.41, 5.74) is 0.878. The largest absolute Gasteiger partial charge is 0.406 e. The van der Waals surface area contributed by atoms with Crippen molar-refractivity contribution in [1.29, 1.82) is 0 Å². The third-order valence-corrected chi connectivity index (χ3v) is 3.56. The summed E-state index contributed by atoms with van der Waals surface area (Å²) >= 11 is 6.88. The van der Waals surface area contributed by atoms with Crippen molar-refractivity contribution in [3.05, 3.63) is 33.0 Å². The molecule has 0 aliphatic rings. The number of nitrogens with one attached hydrogen (secondary N) is 2. The first kappa shape index (κ1) is 15.5. The summed E-state index contributed by atoms with van der Waals surface area (Å²) in [6.45, 7) is 6.80. The molecular weight excluding hydrogens is 388 g/mol. The predicted molar refractivity (Wildman–Crippen MR) is 86.0 cm³/mol. The second kappa shape index (κ2) is 6.24. The summed E-state index contributed by atoms with van der Waals surface area (Å²) in [5.74, 6) is 0.552. The van der Waals surface area contributed by atoms with Crippen LogP contribution in [0.2, 0.25) is 0 Å². The molecule has 0 fully saturated rings. The zero-order valence-electron chi connectivity index (χ0n) is 11.5. The van der Waals surface area contributed by atoms with E-state index in [1.54, 1.807) is 0 Å². The van der Waals surface area contributed by atoms with Crippen molar-refractivity contribution in [1.82, 2.24) is 15.5 Å². The van der Waals surface area contributed by atoms with Gasteiger partial charge in [-0.05, 0) is 54.9 Å². The molecule has 2 rings (SSSR count). The lowest BCUT2D eigenvalue weighted by atomic mass is 10.1. The molecule has 0 radical (unpaired) electrons. The minimum Gasteiger partial charge on any atom is -0.406 e. The summed E-state index contributed by atoms with van der Waals surface area (Å²) in [4.78, 5) is 0. The van der Waals surface area contributed by atoms with Crippen LogP contribution in [0.5, 0.6) is 0 Å². The van der Waals surface area contributed by atoms with Crippen LogP contribution >= 0.6 is 31.9 Å². The van der Waals surface area contributed by atoms with Gasteiger partial charge in [0.1, 0.15) is 0 Å². The van der Waals surface area contributed by atoms with Gasteiger partial charge in [-0.25, -0.2) is 0 Å². The molecule has 108 valence electrons. The molecular formula is C13H16Br2N4O. The molecule has 0 amide bonds. The first-order valence-electron chi connectivity index (χ1n) is 6.13. The fraction of sp³-hybridized carbons (Fsp3) is 0.385. The molecule has 2 aromatic rings. The lowest BCUT2D eigenvalue weighted by Gasteiger charge is -2.18. The van der Waals surface area contributed by atoms with Crippen molar-refractivity contribution in [3.8, 4) is 0 Å². The maximum atomic E-state index is 5.54. The van der Waals surface area contributed by atoms with Gasteiger partial charge in [0.2, 0.25) is 5.89 Å². The van der Waals surface area contributed by atoms with E-state index in [0.29, 0.717) is 18.5 Å². The highest BCUT2D eigenvalue weighted by molar-refractivity contribution is 9.11. The van der Waals surface area contributed by atoms with E-state index in [1.807, 2.05) is 18.2 Å². The van der Waals surface area contributed by atoms with Crippen LogP contribution in [0.25, 0.3) is 0 Å². The van der Waals surface area contributed by atoms with E-state index in [2.05, 4.69) is 73.5 Å². The normalized spacial score (nSPS) is 11.7. The molecule has 0 atom stereocenters. The fourth-order valence-corrected chi connectivity index (χ4v) is 2.57. The van der Waals surface area contributed by atoms with Crippen LogP contribution in [0.3, 0.4) is 0 Å². The Morgan fingerprint density at radius 3 is 2.60 bits per heavy atom. The van der Waals surface area contributed by atoms with E-state index in [1.165, 1.54) is 0 Å². The minimum atomic E-state index is 0.0107. The van der Waals surface area contributed by atoms with Gasteiger partial charge in [-0.1, -0.05) is 21.0 Å². The van der Waals surface area contributed by atoms with E-state index in [4.69, 9.17) is 4.42 Å². The molecule has 5 nitrogen and oxygen atoms in total. The van der Waals surface area contributed by atoms with E-state index in [9.17, 15) is 0 Å². The summed E-state index contributed by atoms with van der Waals surface area (Å²) in [5, 5.41) is 14.3. The standard InChI is InChI=1S/C13H16Br2N4O/c1-13(2,3)16-7-11-18-19-12(20-11)17-10-5-4-8(14)6-9(10)15/h4-6,16H,7H2,1-3H3,(H,17,19). The third kappa shape index (κ3) is 4.57. The first-order valence-corrected chi connectivity index (χ1v) is 7.71. The van der Waals surface area contributed by atoms with Crippen molar-refractivity contribution in [2.45, 2.75) is 32.9 Å². The quantitative estimate of drug-likeness (QED) is 0.799. The Balaban J connectivity index is 2.02. The summed E-state index contributed by atoms with van der Waals surface area (Å²) in [6, 6.07) is 6.18. The van der Waals surface area contributed by atoms with Gasteiger partial charge in [0.25, 0.3) is 0 Å². The Morgan fingerprint density at radius 1 is 1.20 bits per heavy atom. The highest BCUT2D eigenvalue weighted by Gasteiger charge is 2.12. The Morgan fingerprint density at radius 2 is 1.95 bits per heavy atom. The number of anilines is 2. The van der Waals surface area contributed by atoms with Crippen LogP contribution < -0.4 is 10.6 Å². The summed E-state index contributed by atoms with van der Waals surface area (Å²) < 4.78 is 7.45. The zero-order chi connectivity index (χ0) is 14.8. The Hall–Kier alpha value is -0.920. The van der Waals surface area contributed by atoms with Gasteiger partial charge >= 0.3 is 6.01 Å². The number of nitrogens with zero attached hydrogens (tertiary/aromatic N) is 2. The zero-order valence-corrected chi connectivity index (χ0v) is 14.7. The highest BCUT2D eigenvalue weighted by atomic mass is 79.9. The fourth-order valence-electron chi connectivity index (χ4n) is 1.42. The van der Waals surface area contributed by atoms with Crippen molar-refractivity contribution < 1.29 is 4.42 Å². The second-order valence-corrected chi connectivity index (χ2v) is 7.12. The maximum absolute atomic E-state index is 5.54. The highest BCUT2D eigenvalue weighted by Crippen LogP contribution is 2.28. The van der Waals surface area contributed by atoms with E-state index in [0.717, 1.165) is 14.6 Å². The number of hydrogen-bond donors (Lipinski definition) is 2. The average molecular weight is 404 g/mol. The molecule has 1 aromatic carbocycles. The molecule has 0 aliphatic heterocycles. The first-order chi connectivity index (χ1) is 9.33. The van der Waals surface area contributed by atoms with Gasteiger partial charge in [-0.2, -0.15) is 0 Å². The van der Waals surface area contributed by atoms with Gasteiger partial charge in [-0.3, -0.25) is 0 Å². The Bertz CT molecular complexity index is 592. The molecule has 0 spiro atoms. The number of hydrogen-bond acceptors (Lipinski definition) is 5. The van der Waals surface area contributed by atoms with Gasteiger partial charge in [0.15, 0.2) is 0 Å². The molecule has 2 N–H and O–H groups in total. The van der Waals surface area contributed by atoms with E-state index < -0.39 is 0 Å². The van der Waals surface area contributed by atoms with Crippen LogP contribution in [-0.2, 0) is 6.54 Å². The van der Waals surface area contributed by atoms with Crippen LogP contribution in [0, 0.1) is 0 Å². The number of aromatic nitrogens is 2. The number of benzene rings is 1. The predicted octanol–water partition coefficient (Wildman–Crippen LogP) is 4.23. The molecule has 0 saturated heterocycles. The number of halogens is 2. The average Bonchev–Trinajstić information content (AvgIpc) is 2.77. The van der Waals surface area contributed by atoms with Crippen LogP contribution in [0.1, 0.15) is 26.7 Å². The molecule has 1 aromatic heterocycles. The van der Waals surface area contributed by atoms with E-state index >= 15 is 0 Å². The molecule has 0 saturated carbocycles.